The Morgan fingerprint density at radius 2 is 2.14 bits per heavy atom. The summed E-state index contributed by atoms with van der Waals surface area (Å²) in [6.07, 6.45) is 0.343. The van der Waals surface area contributed by atoms with Gasteiger partial charge in [-0.2, -0.15) is 0 Å². The molecule has 0 atom stereocenters. The van der Waals surface area contributed by atoms with Gasteiger partial charge in [-0.05, 0) is 12.1 Å². The fourth-order valence-electron chi connectivity index (χ4n) is 1.52. The number of benzene rings is 1. The molecule has 112 valence electrons. The average Bonchev–Trinajstić information content (AvgIpc) is 2.90. The zero-order valence-corrected chi connectivity index (χ0v) is 13.4. The van der Waals surface area contributed by atoms with Crippen LogP contribution in [0.4, 0.5) is 5.69 Å². The van der Waals surface area contributed by atoms with Gasteiger partial charge in [0, 0.05) is 18.1 Å². The van der Waals surface area contributed by atoms with Crippen molar-refractivity contribution in [3.05, 3.63) is 35.2 Å². The lowest BCUT2D eigenvalue weighted by Gasteiger charge is -2.05. The van der Waals surface area contributed by atoms with Crippen molar-refractivity contribution in [2.24, 2.45) is 0 Å². The van der Waals surface area contributed by atoms with E-state index in [-0.39, 0.29) is 11.8 Å². The van der Waals surface area contributed by atoms with E-state index < -0.39 is 0 Å². The molecule has 0 bridgehead atoms. The Balaban J connectivity index is 1.78. The van der Waals surface area contributed by atoms with Gasteiger partial charge in [0.25, 0.3) is 5.22 Å². The highest BCUT2D eigenvalue weighted by molar-refractivity contribution is 7.99. The summed E-state index contributed by atoms with van der Waals surface area (Å²) in [6, 6.07) is 7.13. The maximum atomic E-state index is 11.8. The minimum atomic E-state index is -0.0980. The Bertz CT molecular complexity index is 616. The summed E-state index contributed by atoms with van der Waals surface area (Å²) >= 11 is 7.35. The second-order valence-corrected chi connectivity index (χ2v) is 6.14. The van der Waals surface area contributed by atoms with Crippen molar-refractivity contribution in [1.82, 2.24) is 10.2 Å². The first-order chi connectivity index (χ1) is 10.1. The van der Waals surface area contributed by atoms with Crippen LogP contribution in [0.15, 0.2) is 33.9 Å². The molecule has 0 radical (unpaired) electrons. The Hall–Kier alpha value is -1.53. The van der Waals surface area contributed by atoms with Crippen molar-refractivity contribution in [3.8, 4) is 0 Å². The lowest BCUT2D eigenvalue weighted by molar-refractivity contribution is -0.115. The van der Waals surface area contributed by atoms with E-state index in [0.29, 0.717) is 34.0 Å². The van der Waals surface area contributed by atoms with Crippen LogP contribution >= 0.6 is 23.4 Å². The lowest BCUT2D eigenvalue weighted by Crippen LogP contribution is -2.12. The zero-order valence-electron chi connectivity index (χ0n) is 11.8. The van der Waals surface area contributed by atoms with E-state index in [1.807, 2.05) is 26.0 Å². The topological polar surface area (TPSA) is 68.0 Å². The monoisotopic (exact) mass is 325 g/mol. The van der Waals surface area contributed by atoms with Crippen LogP contribution < -0.4 is 5.32 Å². The van der Waals surface area contributed by atoms with Crippen LogP contribution in [0, 0.1) is 0 Å². The summed E-state index contributed by atoms with van der Waals surface area (Å²) in [7, 11) is 0. The molecular weight excluding hydrogens is 310 g/mol. The van der Waals surface area contributed by atoms with Crippen LogP contribution in [0.3, 0.4) is 0 Å². The van der Waals surface area contributed by atoms with E-state index in [9.17, 15) is 4.79 Å². The van der Waals surface area contributed by atoms with Gasteiger partial charge in [-0.25, -0.2) is 0 Å². The number of rotatable bonds is 6. The first-order valence-electron chi connectivity index (χ1n) is 6.57. The summed E-state index contributed by atoms with van der Waals surface area (Å²) in [6.45, 7) is 3.97. The SMILES string of the molecule is CC(C)c1nnc(SCCC(=O)Nc2ccccc2Cl)o1. The quantitative estimate of drug-likeness (QED) is 0.814. The van der Waals surface area contributed by atoms with E-state index in [2.05, 4.69) is 15.5 Å². The number of aromatic nitrogens is 2. The van der Waals surface area contributed by atoms with Crippen LogP contribution in [-0.2, 0) is 4.79 Å². The Morgan fingerprint density at radius 1 is 1.38 bits per heavy atom. The number of para-hydroxylation sites is 1. The molecule has 0 unspecified atom stereocenters. The molecule has 0 saturated carbocycles. The van der Waals surface area contributed by atoms with Crippen molar-refractivity contribution in [2.45, 2.75) is 31.4 Å². The van der Waals surface area contributed by atoms with Gasteiger partial charge in [0.2, 0.25) is 11.8 Å². The molecule has 1 N–H and O–H groups in total. The second-order valence-electron chi connectivity index (χ2n) is 4.69. The fourth-order valence-corrected chi connectivity index (χ4v) is 2.41. The summed E-state index contributed by atoms with van der Waals surface area (Å²) in [5, 5.41) is 11.6. The maximum absolute atomic E-state index is 11.8. The van der Waals surface area contributed by atoms with Crippen molar-refractivity contribution in [1.29, 1.82) is 0 Å². The first kappa shape index (κ1) is 15.9. The molecular formula is C14H16ClN3O2S. The van der Waals surface area contributed by atoms with Gasteiger partial charge in [-0.3, -0.25) is 4.79 Å². The van der Waals surface area contributed by atoms with Gasteiger partial charge in [0.05, 0.1) is 10.7 Å². The molecule has 0 spiro atoms. The largest absolute Gasteiger partial charge is 0.416 e. The molecule has 7 heteroatoms. The number of amides is 1. The van der Waals surface area contributed by atoms with Crippen LogP contribution in [0.1, 0.15) is 32.1 Å². The standard InChI is InChI=1S/C14H16ClN3O2S/c1-9(2)13-17-18-14(20-13)21-8-7-12(19)16-11-6-4-3-5-10(11)15/h3-6,9H,7-8H2,1-2H3,(H,16,19). The molecule has 0 fully saturated rings. The van der Waals surface area contributed by atoms with Crippen LogP contribution in [-0.4, -0.2) is 21.9 Å². The third kappa shape index (κ3) is 4.75. The number of nitrogens with zero attached hydrogens (tertiary/aromatic N) is 2. The summed E-state index contributed by atoms with van der Waals surface area (Å²) in [5.74, 6) is 1.28. The molecule has 0 aliphatic heterocycles. The molecule has 2 rings (SSSR count). The minimum Gasteiger partial charge on any atom is -0.416 e. The van der Waals surface area contributed by atoms with Crippen molar-refractivity contribution in [2.75, 3.05) is 11.1 Å². The van der Waals surface area contributed by atoms with Crippen LogP contribution in [0.5, 0.6) is 0 Å². The first-order valence-corrected chi connectivity index (χ1v) is 7.93. The van der Waals surface area contributed by atoms with Gasteiger partial charge >= 0.3 is 0 Å². The molecule has 2 aromatic rings. The Labute approximate surface area is 132 Å². The van der Waals surface area contributed by atoms with Crippen molar-refractivity contribution < 1.29 is 9.21 Å². The minimum absolute atomic E-state index is 0.0980. The molecule has 1 aromatic heterocycles. The van der Waals surface area contributed by atoms with Crippen molar-refractivity contribution in [3.63, 3.8) is 0 Å². The van der Waals surface area contributed by atoms with Crippen molar-refractivity contribution >= 4 is 35.0 Å². The number of thioether (sulfide) groups is 1. The number of anilines is 1. The molecule has 21 heavy (non-hydrogen) atoms. The summed E-state index contributed by atoms with van der Waals surface area (Å²) < 4.78 is 5.45. The molecule has 0 saturated heterocycles. The highest BCUT2D eigenvalue weighted by atomic mass is 35.5. The highest BCUT2D eigenvalue weighted by Gasteiger charge is 2.11. The smallest absolute Gasteiger partial charge is 0.276 e. The van der Waals surface area contributed by atoms with E-state index in [1.165, 1.54) is 11.8 Å². The van der Waals surface area contributed by atoms with Gasteiger partial charge < -0.3 is 9.73 Å². The highest BCUT2D eigenvalue weighted by Crippen LogP contribution is 2.22. The Morgan fingerprint density at radius 3 is 2.81 bits per heavy atom. The molecule has 1 amide bonds. The normalized spacial score (nSPS) is 10.9. The van der Waals surface area contributed by atoms with Gasteiger partial charge in [0.15, 0.2) is 0 Å². The third-order valence-electron chi connectivity index (χ3n) is 2.62. The number of hydrogen-bond acceptors (Lipinski definition) is 5. The molecule has 0 aliphatic rings. The number of carbonyl (C=O) groups excluding carboxylic acids is 1. The van der Waals surface area contributed by atoms with E-state index in [1.54, 1.807) is 12.1 Å². The summed E-state index contributed by atoms with van der Waals surface area (Å²) in [4.78, 5) is 11.8. The van der Waals surface area contributed by atoms with E-state index in [0.717, 1.165) is 0 Å². The predicted molar refractivity (Wildman–Crippen MR) is 83.8 cm³/mol. The summed E-state index contributed by atoms with van der Waals surface area (Å²) in [5.41, 5.74) is 0.619. The number of nitrogens with one attached hydrogen (secondary N) is 1. The van der Waals surface area contributed by atoms with Gasteiger partial charge in [-0.1, -0.05) is 49.3 Å². The average molecular weight is 326 g/mol. The molecule has 1 aromatic carbocycles. The van der Waals surface area contributed by atoms with Crippen LogP contribution in [0.2, 0.25) is 5.02 Å². The predicted octanol–water partition coefficient (Wildman–Crippen LogP) is 3.97. The lowest BCUT2D eigenvalue weighted by atomic mass is 10.2. The fraction of sp³-hybridized carbons (Fsp3) is 0.357. The van der Waals surface area contributed by atoms with Crippen LogP contribution in [0.25, 0.3) is 0 Å². The third-order valence-corrected chi connectivity index (χ3v) is 3.77. The molecule has 0 aliphatic carbocycles. The number of hydrogen-bond donors (Lipinski definition) is 1. The molecule has 1 heterocycles. The second kappa shape index (κ2) is 7.47. The number of halogens is 1. The zero-order chi connectivity index (χ0) is 15.2. The van der Waals surface area contributed by atoms with E-state index >= 15 is 0 Å². The van der Waals surface area contributed by atoms with Gasteiger partial charge in [0.1, 0.15) is 0 Å². The van der Waals surface area contributed by atoms with Gasteiger partial charge in [-0.15, -0.1) is 10.2 Å². The van der Waals surface area contributed by atoms with E-state index in [4.69, 9.17) is 16.0 Å². The number of carbonyl (C=O) groups is 1. The maximum Gasteiger partial charge on any atom is 0.276 e. The Kier molecular flexibility index (Phi) is 5.64. The molecule has 5 nitrogen and oxygen atoms in total.